The molecule has 88 valence electrons. The lowest BCUT2D eigenvalue weighted by Crippen LogP contribution is -2.36. The molecule has 16 heavy (non-hydrogen) atoms. The van der Waals surface area contributed by atoms with E-state index in [9.17, 15) is 4.79 Å². The van der Waals surface area contributed by atoms with Gasteiger partial charge in [-0.15, -0.1) is 0 Å². The van der Waals surface area contributed by atoms with Crippen LogP contribution in [0.5, 0.6) is 0 Å². The quantitative estimate of drug-likeness (QED) is 0.826. The molecular weight excluding hydrogens is 198 g/mol. The Morgan fingerprint density at radius 1 is 1.31 bits per heavy atom. The van der Waals surface area contributed by atoms with E-state index in [-0.39, 0.29) is 11.2 Å². The molecule has 1 aromatic carbocycles. The van der Waals surface area contributed by atoms with Crippen molar-refractivity contribution >= 4 is 5.78 Å². The van der Waals surface area contributed by atoms with Crippen LogP contribution in [0.25, 0.3) is 0 Å². The van der Waals surface area contributed by atoms with E-state index >= 15 is 0 Å². The maximum atomic E-state index is 12.1. The zero-order valence-corrected chi connectivity index (χ0v) is 10.4. The molecule has 0 aliphatic rings. The van der Waals surface area contributed by atoms with E-state index in [0.29, 0.717) is 13.0 Å². The van der Waals surface area contributed by atoms with E-state index in [0.717, 1.165) is 12.0 Å². The topological polar surface area (TPSA) is 43.1 Å². The van der Waals surface area contributed by atoms with Crippen LogP contribution >= 0.6 is 0 Å². The van der Waals surface area contributed by atoms with E-state index in [4.69, 9.17) is 5.73 Å². The molecule has 1 aromatic rings. The van der Waals surface area contributed by atoms with Gasteiger partial charge in [-0.25, -0.2) is 0 Å². The summed E-state index contributed by atoms with van der Waals surface area (Å²) in [6.07, 6.45) is 1.29. The molecule has 0 radical (unpaired) electrons. The van der Waals surface area contributed by atoms with E-state index in [2.05, 4.69) is 0 Å². The first-order chi connectivity index (χ1) is 7.51. The summed E-state index contributed by atoms with van der Waals surface area (Å²) in [5, 5.41) is 0. The summed E-state index contributed by atoms with van der Waals surface area (Å²) in [6.45, 7) is 6.43. The van der Waals surface area contributed by atoms with Gasteiger partial charge < -0.3 is 5.73 Å². The van der Waals surface area contributed by atoms with Crippen LogP contribution in [0.3, 0.4) is 0 Å². The summed E-state index contributed by atoms with van der Waals surface area (Å²) in [5.74, 6) is 0.237. The lowest BCUT2D eigenvalue weighted by Gasteiger charge is -2.24. The average Bonchev–Trinajstić information content (AvgIpc) is 2.31. The van der Waals surface area contributed by atoms with E-state index in [1.54, 1.807) is 0 Å². The number of nitrogens with two attached hydrogens (primary N) is 1. The standard InChI is InChI=1S/C14H21NO/c1-4-14(3,10-15)13(16)9-12-7-5-11(2)6-8-12/h5-8H,4,9-10,15H2,1-3H3. The molecule has 0 spiro atoms. The Hall–Kier alpha value is -1.15. The SMILES string of the molecule is CCC(C)(CN)C(=O)Cc1ccc(C)cc1. The Morgan fingerprint density at radius 2 is 1.88 bits per heavy atom. The smallest absolute Gasteiger partial charge is 0.144 e. The number of carbonyl (C=O) groups is 1. The van der Waals surface area contributed by atoms with Gasteiger partial charge in [0.2, 0.25) is 0 Å². The number of Topliss-reactive ketones (excluding diaryl/α,β-unsaturated/α-hetero) is 1. The molecule has 0 bridgehead atoms. The van der Waals surface area contributed by atoms with Gasteiger partial charge in [0.1, 0.15) is 5.78 Å². The molecule has 2 nitrogen and oxygen atoms in total. The van der Waals surface area contributed by atoms with Crippen molar-refractivity contribution in [3.8, 4) is 0 Å². The number of carbonyl (C=O) groups excluding carboxylic acids is 1. The van der Waals surface area contributed by atoms with Gasteiger partial charge in [-0.1, -0.05) is 43.7 Å². The lowest BCUT2D eigenvalue weighted by atomic mass is 9.80. The lowest BCUT2D eigenvalue weighted by molar-refractivity contribution is -0.126. The van der Waals surface area contributed by atoms with E-state index in [1.165, 1.54) is 5.56 Å². The van der Waals surface area contributed by atoms with Gasteiger partial charge in [0.25, 0.3) is 0 Å². The highest BCUT2D eigenvalue weighted by molar-refractivity contribution is 5.86. The van der Waals surface area contributed by atoms with Crippen LogP contribution in [0.2, 0.25) is 0 Å². The van der Waals surface area contributed by atoms with Crippen LogP contribution in [0.1, 0.15) is 31.4 Å². The van der Waals surface area contributed by atoms with Crippen LogP contribution in [0.15, 0.2) is 24.3 Å². The number of hydrogen-bond donors (Lipinski definition) is 1. The summed E-state index contributed by atoms with van der Waals surface area (Å²) < 4.78 is 0. The first-order valence-electron chi connectivity index (χ1n) is 5.81. The minimum absolute atomic E-state index is 0.237. The van der Waals surface area contributed by atoms with Crippen LogP contribution in [0.4, 0.5) is 0 Å². The second-order valence-corrected chi connectivity index (χ2v) is 4.70. The Labute approximate surface area is 97.9 Å². The first kappa shape index (κ1) is 12.9. The fourth-order valence-corrected chi connectivity index (χ4v) is 1.56. The molecule has 1 rings (SSSR count). The van der Waals surface area contributed by atoms with Gasteiger partial charge in [-0.05, 0) is 18.9 Å². The highest BCUT2D eigenvalue weighted by atomic mass is 16.1. The zero-order valence-electron chi connectivity index (χ0n) is 10.4. The molecule has 1 unspecified atom stereocenters. The van der Waals surface area contributed by atoms with Crippen molar-refractivity contribution in [2.45, 2.75) is 33.6 Å². The van der Waals surface area contributed by atoms with Crippen molar-refractivity contribution in [3.63, 3.8) is 0 Å². The van der Waals surface area contributed by atoms with Crippen molar-refractivity contribution in [1.82, 2.24) is 0 Å². The summed E-state index contributed by atoms with van der Waals surface area (Å²) >= 11 is 0. The normalized spacial score (nSPS) is 14.5. The fourth-order valence-electron chi connectivity index (χ4n) is 1.56. The molecule has 1 atom stereocenters. The molecule has 0 aliphatic carbocycles. The predicted molar refractivity (Wildman–Crippen MR) is 67.3 cm³/mol. The first-order valence-corrected chi connectivity index (χ1v) is 5.81. The van der Waals surface area contributed by atoms with Crippen molar-refractivity contribution in [2.75, 3.05) is 6.54 Å². The maximum absolute atomic E-state index is 12.1. The summed E-state index contributed by atoms with van der Waals surface area (Å²) in [4.78, 5) is 12.1. The number of rotatable bonds is 5. The van der Waals surface area contributed by atoms with Crippen molar-refractivity contribution in [3.05, 3.63) is 35.4 Å². The fraction of sp³-hybridized carbons (Fsp3) is 0.500. The third kappa shape index (κ3) is 2.92. The molecule has 0 amide bonds. The number of benzene rings is 1. The third-order valence-corrected chi connectivity index (χ3v) is 3.39. The summed E-state index contributed by atoms with van der Waals surface area (Å²) in [5.41, 5.74) is 7.59. The molecule has 0 aliphatic heterocycles. The van der Waals surface area contributed by atoms with Crippen LogP contribution in [0, 0.1) is 12.3 Å². The minimum atomic E-state index is -0.370. The number of aryl methyl sites for hydroxylation is 1. The average molecular weight is 219 g/mol. The Bertz CT molecular complexity index is 350. The van der Waals surface area contributed by atoms with Gasteiger partial charge in [0, 0.05) is 18.4 Å². The highest BCUT2D eigenvalue weighted by Crippen LogP contribution is 2.22. The second kappa shape index (κ2) is 5.26. The Balaban J connectivity index is 2.74. The molecule has 0 heterocycles. The number of hydrogen-bond acceptors (Lipinski definition) is 2. The monoisotopic (exact) mass is 219 g/mol. The summed E-state index contributed by atoms with van der Waals surface area (Å²) in [7, 11) is 0. The molecule has 0 aromatic heterocycles. The molecular formula is C14H21NO. The van der Waals surface area contributed by atoms with Crippen molar-refractivity contribution < 1.29 is 4.79 Å². The highest BCUT2D eigenvalue weighted by Gasteiger charge is 2.28. The predicted octanol–water partition coefficient (Wildman–Crippen LogP) is 2.48. The van der Waals surface area contributed by atoms with Crippen LogP contribution < -0.4 is 5.73 Å². The van der Waals surface area contributed by atoms with Gasteiger partial charge >= 0.3 is 0 Å². The minimum Gasteiger partial charge on any atom is -0.329 e. The van der Waals surface area contributed by atoms with Gasteiger partial charge in [-0.3, -0.25) is 4.79 Å². The number of ketones is 1. The molecule has 2 N–H and O–H groups in total. The maximum Gasteiger partial charge on any atom is 0.144 e. The van der Waals surface area contributed by atoms with Crippen LogP contribution in [-0.4, -0.2) is 12.3 Å². The van der Waals surface area contributed by atoms with Crippen molar-refractivity contribution in [2.24, 2.45) is 11.1 Å². The Kier molecular flexibility index (Phi) is 4.25. The summed E-state index contributed by atoms with van der Waals surface area (Å²) in [6, 6.07) is 8.10. The molecule has 0 saturated heterocycles. The second-order valence-electron chi connectivity index (χ2n) is 4.70. The molecule has 0 fully saturated rings. The molecule has 2 heteroatoms. The van der Waals surface area contributed by atoms with Gasteiger partial charge in [0.15, 0.2) is 0 Å². The van der Waals surface area contributed by atoms with Crippen molar-refractivity contribution in [1.29, 1.82) is 0 Å². The Morgan fingerprint density at radius 3 is 2.31 bits per heavy atom. The van der Waals surface area contributed by atoms with Gasteiger partial charge in [-0.2, -0.15) is 0 Å². The van der Waals surface area contributed by atoms with Gasteiger partial charge in [0.05, 0.1) is 0 Å². The zero-order chi connectivity index (χ0) is 12.2. The molecule has 0 saturated carbocycles. The van der Waals surface area contributed by atoms with E-state index in [1.807, 2.05) is 45.0 Å². The largest absolute Gasteiger partial charge is 0.329 e. The van der Waals surface area contributed by atoms with Crippen LogP contribution in [-0.2, 0) is 11.2 Å². The van der Waals surface area contributed by atoms with E-state index < -0.39 is 0 Å². The third-order valence-electron chi connectivity index (χ3n) is 3.39.